The minimum Gasteiger partial charge on any atom is -0.495 e. The zero-order chi connectivity index (χ0) is 24.8. The van der Waals surface area contributed by atoms with E-state index in [4.69, 9.17) is 25.8 Å². The molecule has 0 radical (unpaired) electrons. The van der Waals surface area contributed by atoms with Crippen LogP contribution in [-0.2, 0) is 16.1 Å². The van der Waals surface area contributed by atoms with Crippen molar-refractivity contribution in [2.75, 3.05) is 19.0 Å². The highest BCUT2D eigenvalue weighted by Gasteiger charge is 2.18. The Kier molecular flexibility index (Phi) is 7.19. The number of ether oxygens (including phenoxy) is 3. The van der Waals surface area contributed by atoms with Gasteiger partial charge in [-0.1, -0.05) is 29.8 Å². The molecule has 0 aliphatic rings. The summed E-state index contributed by atoms with van der Waals surface area (Å²) < 4.78 is 18.1. The van der Waals surface area contributed by atoms with Crippen molar-refractivity contribution in [3.8, 4) is 17.6 Å². The average Bonchev–Trinajstić information content (AvgIpc) is 3.24. The molecule has 4 rings (SSSR count). The Morgan fingerprint density at radius 2 is 1.89 bits per heavy atom. The van der Waals surface area contributed by atoms with E-state index in [1.54, 1.807) is 53.1 Å². The number of amides is 1. The summed E-state index contributed by atoms with van der Waals surface area (Å²) in [6, 6.07) is 18.9. The van der Waals surface area contributed by atoms with Gasteiger partial charge < -0.3 is 23.9 Å². The molecular weight excluding hydrogens is 470 g/mol. The summed E-state index contributed by atoms with van der Waals surface area (Å²) in [6.07, 6.45) is 3.56. The second-order valence-corrected chi connectivity index (χ2v) is 7.82. The molecular formula is C26H20ClN3O5. The number of nitrogens with one attached hydrogen (secondary N) is 1. The summed E-state index contributed by atoms with van der Waals surface area (Å²) in [5.41, 5.74) is 2.35. The lowest BCUT2D eigenvalue weighted by molar-refractivity contribution is -0.118. The Labute approximate surface area is 206 Å². The van der Waals surface area contributed by atoms with Gasteiger partial charge in [0.05, 0.1) is 23.9 Å². The monoisotopic (exact) mass is 489 g/mol. The number of hydrogen-bond acceptors (Lipinski definition) is 6. The van der Waals surface area contributed by atoms with Crippen LogP contribution in [0.5, 0.6) is 11.5 Å². The molecule has 1 amide bonds. The maximum absolute atomic E-state index is 12.8. The number of esters is 1. The first-order valence-electron chi connectivity index (χ1n) is 10.5. The molecule has 176 valence electrons. The number of nitriles is 1. The maximum atomic E-state index is 12.8. The number of carbonyl (C=O) groups excluding carboxylic acids is 2. The number of para-hydroxylation sites is 1. The molecule has 0 saturated heterocycles. The van der Waals surface area contributed by atoms with Gasteiger partial charge in [0.2, 0.25) is 0 Å². The average molecular weight is 490 g/mol. The third-order valence-electron chi connectivity index (χ3n) is 5.14. The topological polar surface area (TPSA) is 102 Å². The predicted molar refractivity (Wildman–Crippen MR) is 130 cm³/mol. The quantitative estimate of drug-likeness (QED) is 0.355. The van der Waals surface area contributed by atoms with Gasteiger partial charge in [-0.15, -0.1) is 0 Å². The standard InChI is InChI=1S/C26H20ClN3O5/c1-33-24-12-18(27)9-10-21(24)29-25(31)16-34-23-8-3-2-6-19(23)26(32)35-15-17-14-30-11-5-4-7-22(30)20(17)13-28/h2-12,14H,15-16H2,1H3,(H,29,31). The van der Waals surface area contributed by atoms with Crippen molar-refractivity contribution in [1.82, 2.24) is 4.40 Å². The number of fused-ring (bicyclic) bond motifs is 1. The van der Waals surface area contributed by atoms with Crippen molar-refractivity contribution in [2.45, 2.75) is 6.61 Å². The number of anilines is 1. The van der Waals surface area contributed by atoms with Crippen molar-refractivity contribution in [2.24, 2.45) is 0 Å². The molecule has 0 saturated carbocycles. The smallest absolute Gasteiger partial charge is 0.342 e. The molecule has 2 heterocycles. The number of carbonyl (C=O) groups is 2. The van der Waals surface area contributed by atoms with Gasteiger partial charge in [-0.05, 0) is 36.4 Å². The van der Waals surface area contributed by atoms with Crippen LogP contribution in [0.3, 0.4) is 0 Å². The minimum absolute atomic E-state index is 0.0887. The lowest BCUT2D eigenvalue weighted by atomic mass is 10.2. The summed E-state index contributed by atoms with van der Waals surface area (Å²) >= 11 is 5.94. The van der Waals surface area contributed by atoms with E-state index in [-0.39, 0.29) is 24.5 Å². The van der Waals surface area contributed by atoms with Crippen LogP contribution in [0.4, 0.5) is 5.69 Å². The molecule has 0 spiro atoms. The van der Waals surface area contributed by atoms with E-state index in [1.807, 2.05) is 24.4 Å². The van der Waals surface area contributed by atoms with Gasteiger partial charge in [0.25, 0.3) is 5.91 Å². The number of hydrogen-bond donors (Lipinski definition) is 1. The van der Waals surface area contributed by atoms with Crippen molar-refractivity contribution in [1.29, 1.82) is 5.26 Å². The second kappa shape index (κ2) is 10.6. The van der Waals surface area contributed by atoms with Gasteiger partial charge >= 0.3 is 5.97 Å². The number of rotatable bonds is 8. The fraction of sp³-hybridized carbons (Fsp3) is 0.115. The van der Waals surface area contributed by atoms with E-state index >= 15 is 0 Å². The summed E-state index contributed by atoms with van der Waals surface area (Å²) in [5.74, 6) is -0.490. The third-order valence-corrected chi connectivity index (χ3v) is 5.37. The predicted octanol–water partition coefficient (Wildman–Crippen LogP) is 4.85. The summed E-state index contributed by atoms with van der Waals surface area (Å²) in [7, 11) is 1.47. The number of nitrogens with zero attached hydrogens (tertiary/aromatic N) is 2. The molecule has 1 N–H and O–H groups in total. The Hall–Kier alpha value is -4.48. The van der Waals surface area contributed by atoms with Crippen LogP contribution in [-0.4, -0.2) is 30.0 Å². The van der Waals surface area contributed by atoms with Crippen LogP contribution in [0.15, 0.2) is 73.1 Å². The maximum Gasteiger partial charge on any atom is 0.342 e. The Balaban J connectivity index is 1.41. The van der Waals surface area contributed by atoms with Crippen LogP contribution < -0.4 is 14.8 Å². The van der Waals surface area contributed by atoms with Crippen molar-refractivity contribution >= 4 is 34.7 Å². The highest BCUT2D eigenvalue weighted by atomic mass is 35.5. The van der Waals surface area contributed by atoms with E-state index in [0.29, 0.717) is 27.6 Å². The molecule has 8 nitrogen and oxygen atoms in total. The van der Waals surface area contributed by atoms with Gasteiger partial charge in [0.15, 0.2) is 6.61 Å². The molecule has 0 aliphatic heterocycles. The highest BCUT2D eigenvalue weighted by Crippen LogP contribution is 2.28. The van der Waals surface area contributed by atoms with Gasteiger partial charge in [0, 0.05) is 29.0 Å². The molecule has 35 heavy (non-hydrogen) atoms. The van der Waals surface area contributed by atoms with Gasteiger partial charge in [-0.3, -0.25) is 4.79 Å². The van der Waals surface area contributed by atoms with E-state index in [2.05, 4.69) is 11.4 Å². The van der Waals surface area contributed by atoms with Crippen LogP contribution in [0.2, 0.25) is 5.02 Å². The first-order valence-corrected chi connectivity index (χ1v) is 10.9. The van der Waals surface area contributed by atoms with E-state index in [0.717, 1.165) is 5.52 Å². The Morgan fingerprint density at radius 3 is 2.69 bits per heavy atom. The van der Waals surface area contributed by atoms with E-state index < -0.39 is 11.9 Å². The van der Waals surface area contributed by atoms with Crippen LogP contribution >= 0.6 is 11.6 Å². The molecule has 9 heteroatoms. The molecule has 4 aromatic rings. The highest BCUT2D eigenvalue weighted by molar-refractivity contribution is 6.30. The zero-order valence-corrected chi connectivity index (χ0v) is 19.4. The Bertz CT molecular complexity index is 1440. The number of halogens is 1. The number of pyridine rings is 1. The number of methoxy groups -OCH3 is 1. The van der Waals surface area contributed by atoms with Gasteiger partial charge in [-0.25, -0.2) is 4.79 Å². The van der Waals surface area contributed by atoms with E-state index in [1.165, 1.54) is 7.11 Å². The summed E-state index contributed by atoms with van der Waals surface area (Å²) in [5, 5.41) is 12.7. The zero-order valence-electron chi connectivity index (χ0n) is 18.7. The summed E-state index contributed by atoms with van der Waals surface area (Å²) in [4.78, 5) is 25.2. The lowest BCUT2D eigenvalue weighted by Gasteiger charge is -2.13. The molecule has 0 aliphatic carbocycles. The van der Waals surface area contributed by atoms with Crippen molar-refractivity contribution in [3.63, 3.8) is 0 Å². The first-order chi connectivity index (χ1) is 17.0. The van der Waals surface area contributed by atoms with Gasteiger partial charge in [0.1, 0.15) is 29.7 Å². The first kappa shape index (κ1) is 23.7. The SMILES string of the molecule is COc1cc(Cl)ccc1NC(=O)COc1ccccc1C(=O)OCc1cn2ccccc2c1C#N. The van der Waals surface area contributed by atoms with Crippen LogP contribution in [0, 0.1) is 11.3 Å². The van der Waals surface area contributed by atoms with Crippen LogP contribution in [0.1, 0.15) is 21.5 Å². The molecule has 0 unspecified atom stereocenters. The Morgan fingerprint density at radius 1 is 1.09 bits per heavy atom. The molecule has 2 aromatic heterocycles. The van der Waals surface area contributed by atoms with Gasteiger partial charge in [-0.2, -0.15) is 5.26 Å². The molecule has 0 bridgehead atoms. The number of aromatic nitrogens is 1. The molecule has 2 aromatic carbocycles. The largest absolute Gasteiger partial charge is 0.495 e. The van der Waals surface area contributed by atoms with Crippen molar-refractivity contribution in [3.05, 3.63) is 94.8 Å². The summed E-state index contributed by atoms with van der Waals surface area (Å²) in [6.45, 7) is -0.436. The van der Waals surface area contributed by atoms with Crippen molar-refractivity contribution < 1.29 is 23.8 Å². The molecule has 0 atom stereocenters. The normalized spacial score (nSPS) is 10.4. The minimum atomic E-state index is -0.639. The van der Waals surface area contributed by atoms with E-state index in [9.17, 15) is 14.9 Å². The fourth-order valence-electron chi connectivity index (χ4n) is 3.50. The number of benzene rings is 2. The second-order valence-electron chi connectivity index (χ2n) is 7.39. The third kappa shape index (κ3) is 5.37. The molecule has 0 fully saturated rings. The van der Waals surface area contributed by atoms with Crippen LogP contribution in [0.25, 0.3) is 5.52 Å². The fourth-order valence-corrected chi connectivity index (χ4v) is 3.66. The lowest BCUT2D eigenvalue weighted by Crippen LogP contribution is -2.21.